The van der Waals surface area contributed by atoms with E-state index in [9.17, 15) is 4.79 Å². The first-order valence-corrected chi connectivity index (χ1v) is 5.61. The molecule has 0 aromatic rings. The normalized spacial score (nSPS) is 17.6. The fourth-order valence-electron chi connectivity index (χ4n) is 1.57. The lowest BCUT2D eigenvalue weighted by Crippen LogP contribution is -2.49. The highest BCUT2D eigenvalue weighted by molar-refractivity contribution is 5.91. The van der Waals surface area contributed by atoms with Crippen molar-refractivity contribution in [2.75, 3.05) is 13.1 Å². The third-order valence-corrected chi connectivity index (χ3v) is 2.51. The molecule has 2 N–H and O–H groups in total. The Hall–Kier alpha value is -1.06. The summed E-state index contributed by atoms with van der Waals surface area (Å²) in [6, 6.07) is -0.130. The van der Waals surface area contributed by atoms with Crippen LogP contribution in [0.25, 0.3) is 0 Å². The van der Waals surface area contributed by atoms with Crippen molar-refractivity contribution in [1.29, 1.82) is 0 Å². The number of aliphatic imine (C=N–C) groups is 1. The molecular weight excluding hydrogens is 190 g/mol. The molecule has 1 rings (SSSR count). The van der Waals surface area contributed by atoms with E-state index in [4.69, 9.17) is 0 Å². The highest BCUT2D eigenvalue weighted by atomic mass is 16.1. The molecule has 0 fully saturated rings. The van der Waals surface area contributed by atoms with Crippen LogP contribution in [0.15, 0.2) is 4.99 Å². The molecule has 0 saturated heterocycles. The van der Waals surface area contributed by atoms with Gasteiger partial charge in [-0.3, -0.25) is 9.79 Å². The van der Waals surface area contributed by atoms with Crippen LogP contribution in [0.2, 0.25) is 0 Å². The first kappa shape index (κ1) is 12.0. The fourth-order valence-corrected chi connectivity index (χ4v) is 1.57. The van der Waals surface area contributed by atoms with Crippen LogP contribution in [0.1, 0.15) is 30.5 Å². The maximum absolute atomic E-state index is 11.9. The van der Waals surface area contributed by atoms with Gasteiger partial charge in [0, 0.05) is 15.3 Å². The number of guanidine groups is 1. The van der Waals surface area contributed by atoms with Crippen molar-refractivity contribution in [3.05, 3.63) is 0 Å². The lowest BCUT2D eigenvalue weighted by molar-refractivity contribution is -0.124. The molecule has 90 valence electrons. The van der Waals surface area contributed by atoms with E-state index in [1.165, 1.54) is 0 Å². The number of carbonyl (C=O) groups is 1. The van der Waals surface area contributed by atoms with E-state index in [0.717, 1.165) is 19.0 Å². The summed E-state index contributed by atoms with van der Waals surface area (Å²) in [5.74, 6) is 1.36. The molecule has 0 unspecified atom stereocenters. The first-order chi connectivity index (χ1) is 7.02. The number of hydrogen-bond acceptors (Lipinski definition) is 4. The highest BCUT2D eigenvalue weighted by Gasteiger charge is 2.25. The van der Waals surface area contributed by atoms with Crippen molar-refractivity contribution in [3.8, 4) is 0 Å². The van der Waals surface area contributed by atoms with E-state index >= 15 is 0 Å². The van der Waals surface area contributed by atoms with Crippen LogP contribution in [-0.4, -0.2) is 30.9 Å². The van der Waals surface area contributed by atoms with Gasteiger partial charge in [-0.05, 0) is 5.92 Å². The summed E-state index contributed by atoms with van der Waals surface area (Å²) in [6.07, 6.45) is 0. The van der Waals surface area contributed by atoms with Gasteiger partial charge in [0.05, 0.1) is 12.6 Å². The molecule has 0 spiro atoms. The monoisotopic (exact) mass is 215 g/mol. The van der Waals surface area contributed by atoms with E-state index in [0.29, 0.717) is 0 Å². The highest BCUT2D eigenvalue weighted by Crippen LogP contribution is 2.09. The minimum Gasteiger partial charge on any atom is -0.355 e. The van der Waals surface area contributed by atoms with Gasteiger partial charge in [0.1, 0.15) is 0 Å². The molecular formula is C11H25N3O. The lowest BCUT2D eigenvalue weighted by atomic mass is 9.93. The van der Waals surface area contributed by atoms with Crippen LogP contribution < -0.4 is 10.6 Å². The quantitative estimate of drug-likeness (QED) is 0.742. The van der Waals surface area contributed by atoms with Crippen molar-refractivity contribution >= 4 is 11.7 Å². The molecule has 0 aromatic carbocycles. The molecule has 1 atom stereocenters. The Morgan fingerprint density at radius 2 is 2.13 bits per heavy atom. The maximum Gasteiger partial charge on any atom is 0.191 e. The third kappa shape index (κ3) is 3.22. The molecule has 4 heteroatoms. The molecule has 15 heavy (non-hydrogen) atoms. The molecule has 0 bridgehead atoms. The van der Waals surface area contributed by atoms with Gasteiger partial charge in [0.2, 0.25) is 0 Å². The third-order valence-electron chi connectivity index (χ3n) is 2.51. The van der Waals surface area contributed by atoms with Gasteiger partial charge in [-0.2, -0.15) is 0 Å². The number of rotatable bonds is 4. The Labute approximate surface area is 94.5 Å². The molecule has 0 aromatic heterocycles. The van der Waals surface area contributed by atoms with Crippen LogP contribution in [0.5, 0.6) is 0 Å². The second-order valence-corrected chi connectivity index (χ2v) is 4.58. The summed E-state index contributed by atoms with van der Waals surface area (Å²) in [6.45, 7) is 9.62. The van der Waals surface area contributed by atoms with Crippen molar-refractivity contribution in [2.24, 2.45) is 16.8 Å². The van der Waals surface area contributed by atoms with Gasteiger partial charge in [0.15, 0.2) is 11.7 Å². The molecule has 4 nitrogen and oxygen atoms in total. The predicted octanol–water partition coefficient (Wildman–Crippen LogP) is 1.28. The molecule has 1 aliphatic heterocycles. The number of ketones is 1. The number of nitrogens with one attached hydrogen (secondary N) is 2. The lowest BCUT2D eigenvalue weighted by Gasteiger charge is -2.23. The van der Waals surface area contributed by atoms with Gasteiger partial charge >= 0.3 is 0 Å². The van der Waals surface area contributed by atoms with Crippen molar-refractivity contribution in [1.82, 2.24) is 10.6 Å². The van der Waals surface area contributed by atoms with Crippen LogP contribution in [0.3, 0.4) is 0 Å². The Kier molecular flexibility index (Phi) is 4.12. The van der Waals surface area contributed by atoms with Gasteiger partial charge < -0.3 is 10.6 Å². The molecule has 0 radical (unpaired) electrons. The second kappa shape index (κ2) is 5.14. The van der Waals surface area contributed by atoms with Crippen LogP contribution >= 0.6 is 0 Å². The van der Waals surface area contributed by atoms with E-state index in [1.807, 2.05) is 27.7 Å². The van der Waals surface area contributed by atoms with E-state index < -0.39 is 0 Å². The van der Waals surface area contributed by atoms with E-state index in [-0.39, 0.29) is 26.5 Å². The largest absolute Gasteiger partial charge is 0.355 e. The predicted molar refractivity (Wildman–Crippen MR) is 66.1 cm³/mol. The second-order valence-electron chi connectivity index (χ2n) is 4.58. The van der Waals surface area contributed by atoms with E-state index in [1.54, 1.807) is 0 Å². The fraction of sp³-hybridized carbons (Fsp3) is 0.818. The standard InChI is InChI=1S/C11H21N3O.2H2/c1-7(2)9(10(15)8(3)4)14-11-12-5-6-13-11;;/h7-9H,5-6H2,1-4H3,(H2,12,13,14);2*1H/t9-;;/m1../s1. The zero-order valence-electron chi connectivity index (χ0n) is 10.0. The van der Waals surface area contributed by atoms with Crippen LogP contribution in [-0.2, 0) is 4.79 Å². The van der Waals surface area contributed by atoms with Gasteiger partial charge in [-0.15, -0.1) is 0 Å². The Balaban J connectivity index is 0. The number of carbonyl (C=O) groups excluding carboxylic acids is 1. The Morgan fingerprint density at radius 1 is 1.47 bits per heavy atom. The molecule has 1 aliphatic rings. The van der Waals surface area contributed by atoms with E-state index in [2.05, 4.69) is 15.6 Å². The van der Waals surface area contributed by atoms with Gasteiger partial charge in [-0.25, -0.2) is 0 Å². The Bertz CT molecular complexity index is 267. The van der Waals surface area contributed by atoms with Crippen LogP contribution in [0.4, 0.5) is 0 Å². The average molecular weight is 215 g/mol. The SMILES string of the molecule is CC(C)C(=O)[C@H](NC1=NCCN1)C(C)C.[HH].[HH]. The zero-order chi connectivity index (χ0) is 11.4. The minimum absolute atomic E-state index is 0. The maximum atomic E-state index is 11.9. The van der Waals surface area contributed by atoms with Gasteiger partial charge in [-0.1, -0.05) is 27.7 Å². The molecule has 0 amide bonds. The average Bonchev–Trinajstić information content (AvgIpc) is 2.64. The molecule has 1 heterocycles. The minimum atomic E-state index is -0.130. The topological polar surface area (TPSA) is 53.5 Å². The summed E-state index contributed by atoms with van der Waals surface area (Å²) >= 11 is 0. The van der Waals surface area contributed by atoms with Crippen LogP contribution in [0, 0.1) is 11.8 Å². The summed E-state index contributed by atoms with van der Waals surface area (Å²) in [7, 11) is 0. The number of Topliss-reactive ketones (excluding diaryl/α,β-unsaturated/α-hetero) is 1. The number of hydrogen-bond donors (Lipinski definition) is 2. The molecule has 0 aliphatic carbocycles. The summed E-state index contributed by atoms with van der Waals surface area (Å²) < 4.78 is 0. The Morgan fingerprint density at radius 3 is 2.53 bits per heavy atom. The zero-order valence-corrected chi connectivity index (χ0v) is 10.0. The summed E-state index contributed by atoms with van der Waals surface area (Å²) in [5.41, 5.74) is 0. The van der Waals surface area contributed by atoms with Crippen molar-refractivity contribution in [2.45, 2.75) is 33.7 Å². The smallest absolute Gasteiger partial charge is 0.191 e. The van der Waals surface area contributed by atoms with Gasteiger partial charge in [0.25, 0.3) is 0 Å². The summed E-state index contributed by atoms with van der Waals surface area (Å²) in [5, 5.41) is 6.31. The molecule has 0 saturated carbocycles. The number of nitrogens with zero attached hydrogens (tertiary/aromatic N) is 1. The van der Waals surface area contributed by atoms with Crippen molar-refractivity contribution in [3.63, 3.8) is 0 Å². The summed E-state index contributed by atoms with van der Waals surface area (Å²) in [4.78, 5) is 16.2. The van der Waals surface area contributed by atoms with Crippen molar-refractivity contribution < 1.29 is 7.65 Å². The first-order valence-electron chi connectivity index (χ1n) is 5.61.